The quantitative estimate of drug-likeness (QED) is 0.147. The zero-order chi connectivity index (χ0) is 30.5. The highest BCUT2D eigenvalue weighted by Crippen LogP contribution is 2.24. The number of aliphatic hydroxyl groups excluding tert-OH is 3. The first-order valence-electron chi connectivity index (χ1n) is 13.6. The predicted molar refractivity (Wildman–Crippen MR) is 149 cm³/mol. The largest absolute Gasteiger partial charge is 0.484 e. The number of ether oxygens (including phenoxy) is 4. The van der Waals surface area contributed by atoms with Crippen molar-refractivity contribution in [2.24, 2.45) is 0 Å². The van der Waals surface area contributed by atoms with E-state index in [4.69, 9.17) is 24.1 Å². The molecule has 42 heavy (non-hydrogen) atoms. The van der Waals surface area contributed by atoms with E-state index < -0.39 is 36.7 Å². The molecule has 0 bridgehead atoms. The second-order valence-electron chi connectivity index (χ2n) is 9.67. The van der Waals surface area contributed by atoms with Gasteiger partial charge in [0.1, 0.15) is 24.1 Å². The average Bonchev–Trinajstić information content (AvgIpc) is 2.99. The van der Waals surface area contributed by atoms with Crippen LogP contribution in [-0.4, -0.2) is 108 Å². The fraction of sp³-hybridized carbons (Fsp3) is 0.483. The van der Waals surface area contributed by atoms with E-state index in [-0.39, 0.29) is 56.8 Å². The Morgan fingerprint density at radius 2 is 1.55 bits per heavy atom. The van der Waals surface area contributed by atoms with Gasteiger partial charge in [0, 0.05) is 19.5 Å². The van der Waals surface area contributed by atoms with E-state index in [1.165, 1.54) is 6.07 Å². The van der Waals surface area contributed by atoms with Crippen LogP contribution in [0.4, 0.5) is 0 Å². The number of aromatic carboxylic acids is 1. The highest BCUT2D eigenvalue weighted by molar-refractivity contribution is 5.89. The maximum absolute atomic E-state index is 12.0. The molecule has 1 saturated heterocycles. The standard InChI is InChI=1S/C29H38N2O11/c1-18-25(34)26(35)27(36)29(42-18)40-13-3-6-23(32)30-11-14-39-15-12-31-24(33)17-41-22-9-7-19(8-10-22)20-4-2-5-21(16-20)28(37)38/h2,4-5,7-10,16,18,25-27,29,34-36H,3,6,11-15,17H2,1H3,(H,30,32)(H,31,33)(H,37,38)/t18-,25?,26?,27-,29?/m0/s1. The smallest absolute Gasteiger partial charge is 0.335 e. The fourth-order valence-corrected chi connectivity index (χ4v) is 4.07. The second kappa shape index (κ2) is 16.8. The number of hydrogen-bond donors (Lipinski definition) is 6. The van der Waals surface area contributed by atoms with E-state index in [0.29, 0.717) is 18.7 Å². The van der Waals surface area contributed by atoms with Crippen molar-refractivity contribution in [2.45, 2.75) is 50.5 Å². The van der Waals surface area contributed by atoms with E-state index in [9.17, 15) is 29.7 Å². The van der Waals surface area contributed by atoms with Crippen LogP contribution in [0.3, 0.4) is 0 Å². The second-order valence-corrected chi connectivity index (χ2v) is 9.67. The molecule has 230 valence electrons. The Morgan fingerprint density at radius 3 is 2.24 bits per heavy atom. The molecule has 2 aromatic rings. The zero-order valence-corrected chi connectivity index (χ0v) is 23.3. The molecule has 13 heteroatoms. The maximum atomic E-state index is 12.0. The van der Waals surface area contributed by atoms with Gasteiger partial charge in [0.25, 0.3) is 5.91 Å². The molecule has 3 rings (SSSR count). The molecule has 13 nitrogen and oxygen atoms in total. The van der Waals surface area contributed by atoms with Crippen molar-refractivity contribution >= 4 is 17.8 Å². The monoisotopic (exact) mass is 590 g/mol. The lowest BCUT2D eigenvalue weighted by Crippen LogP contribution is -2.57. The van der Waals surface area contributed by atoms with Crippen molar-refractivity contribution in [3.63, 3.8) is 0 Å². The van der Waals surface area contributed by atoms with Crippen molar-refractivity contribution < 1.29 is 53.8 Å². The minimum Gasteiger partial charge on any atom is -0.484 e. The van der Waals surface area contributed by atoms with Crippen molar-refractivity contribution in [2.75, 3.05) is 39.5 Å². The van der Waals surface area contributed by atoms with Crippen LogP contribution in [0, 0.1) is 0 Å². The molecule has 1 aliphatic rings. The van der Waals surface area contributed by atoms with Crippen LogP contribution in [0.15, 0.2) is 48.5 Å². The number of nitrogens with one attached hydrogen (secondary N) is 2. The summed E-state index contributed by atoms with van der Waals surface area (Å²) in [5.41, 5.74) is 1.78. The van der Waals surface area contributed by atoms with Crippen molar-refractivity contribution in [3.05, 3.63) is 54.1 Å². The number of carboxylic acids is 1. The van der Waals surface area contributed by atoms with E-state index >= 15 is 0 Å². The lowest BCUT2D eigenvalue weighted by atomic mass is 10.0. The Morgan fingerprint density at radius 1 is 0.857 bits per heavy atom. The molecule has 6 N–H and O–H groups in total. The molecular formula is C29H38N2O11. The van der Waals surface area contributed by atoms with E-state index in [0.717, 1.165) is 11.1 Å². The number of carboxylic acid groups (broad SMARTS) is 1. The number of aliphatic hydroxyl groups is 3. The van der Waals surface area contributed by atoms with Gasteiger partial charge in [-0.1, -0.05) is 24.3 Å². The SMILES string of the molecule is C[C@@H]1OC(OCCCC(=O)NCCOCCNC(=O)COc2ccc(-c3cccc(C(=O)O)c3)cc2)[C@@H](O)C(O)C1O. The van der Waals surface area contributed by atoms with Crippen LogP contribution in [0.5, 0.6) is 5.75 Å². The van der Waals surface area contributed by atoms with Gasteiger partial charge in [-0.3, -0.25) is 9.59 Å². The highest BCUT2D eigenvalue weighted by Gasteiger charge is 2.42. The van der Waals surface area contributed by atoms with Gasteiger partial charge in [-0.2, -0.15) is 0 Å². The molecule has 0 spiro atoms. The summed E-state index contributed by atoms with van der Waals surface area (Å²) in [6, 6.07) is 13.6. The van der Waals surface area contributed by atoms with Gasteiger partial charge in [0.2, 0.25) is 5.91 Å². The molecule has 3 unspecified atom stereocenters. The molecule has 0 aromatic heterocycles. The molecular weight excluding hydrogens is 552 g/mol. The first kappa shape index (κ1) is 32.9. The van der Waals surface area contributed by atoms with Gasteiger partial charge in [0.15, 0.2) is 12.9 Å². The number of benzene rings is 2. The predicted octanol–water partition coefficient (Wildman–Crippen LogP) is 0.304. The number of carbonyl (C=O) groups is 3. The minimum atomic E-state index is -1.38. The van der Waals surface area contributed by atoms with E-state index in [1.807, 2.05) is 6.07 Å². The first-order valence-corrected chi connectivity index (χ1v) is 13.6. The summed E-state index contributed by atoms with van der Waals surface area (Å²) in [5, 5.41) is 43.9. The van der Waals surface area contributed by atoms with Gasteiger partial charge in [-0.15, -0.1) is 0 Å². The van der Waals surface area contributed by atoms with Gasteiger partial charge in [-0.25, -0.2) is 4.79 Å². The normalized spacial score (nSPS) is 21.9. The molecule has 1 heterocycles. The third kappa shape index (κ3) is 10.4. The van der Waals surface area contributed by atoms with Crippen LogP contribution in [0.25, 0.3) is 11.1 Å². The summed E-state index contributed by atoms with van der Waals surface area (Å²) in [7, 11) is 0. The average molecular weight is 591 g/mol. The molecule has 2 amide bonds. The molecule has 1 fully saturated rings. The molecule has 5 atom stereocenters. The Hall–Kier alpha value is -3.59. The zero-order valence-electron chi connectivity index (χ0n) is 23.3. The molecule has 1 aliphatic heterocycles. The Kier molecular flexibility index (Phi) is 13.1. The van der Waals surface area contributed by atoms with E-state index in [1.54, 1.807) is 43.3 Å². The van der Waals surface area contributed by atoms with Crippen molar-refractivity contribution in [1.29, 1.82) is 0 Å². The highest BCUT2D eigenvalue weighted by atomic mass is 16.7. The van der Waals surface area contributed by atoms with Crippen molar-refractivity contribution in [3.8, 4) is 16.9 Å². The maximum Gasteiger partial charge on any atom is 0.335 e. The summed E-state index contributed by atoms with van der Waals surface area (Å²) in [5.74, 6) is -1.03. The summed E-state index contributed by atoms with van der Waals surface area (Å²) >= 11 is 0. The van der Waals surface area contributed by atoms with Gasteiger partial charge >= 0.3 is 5.97 Å². The summed E-state index contributed by atoms with van der Waals surface area (Å²) < 4.78 is 21.6. The summed E-state index contributed by atoms with van der Waals surface area (Å²) in [6.45, 7) is 2.58. The lowest BCUT2D eigenvalue weighted by Gasteiger charge is -2.38. The number of carbonyl (C=O) groups excluding carboxylic acids is 2. The third-order valence-electron chi connectivity index (χ3n) is 6.44. The van der Waals surface area contributed by atoms with Gasteiger partial charge in [0.05, 0.1) is 31.5 Å². The van der Waals surface area contributed by atoms with Gasteiger partial charge in [-0.05, 0) is 48.7 Å². The van der Waals surface area contributed by atoms with Crippen LogP contribution in [0.1, 0.15) is 30.1 Å². The van der Waals surface area contributed by atoms with E-state index in [2.05, 4.69) is 10.6 Å². The fourth-order valence-electron chi connectivity index (χ4n) is 4.07. The Labute approximate surface area is 243 Å². The van der Waals surface area contributed by atoms with Crippen LogP contribution >= 0.6 is 0 Å². The molecule has 2 aromatic carbocycles. The third-order valence-corrected chi connectivity index (χ3v) is 6.44. The number of rotatable bonds is 16. The lowest BCUT2D eigenvalue weighted by molar-refractivity contribution is -0.293. The number of amides is 2. The van der Waals surface area contributed by atoms with Crippen LogP contribution in [-0.2, 0) is 23.8 Å². The van der Waals surface area contributed by atoms with Crippen LogP contribution in [0.2, 0.25) is 0 Å². The van der Waals surface area contributed by atoms with Crippen LogP contribution < -0.4 is 15.4 Å². The molecule has 0 saturated carbocycles. The summed E-state index contributed by atoms with van der Waals surface area (Å²) in [6.07, 6.45) is -5.17. The Balaban J connectivity index is 1.19. The van der Waals surface area contributed by atoms with Gasteiger partial charge < -0.3 is 50.0 Å². The molecule has 0 radical (unpaired) electrons. The van der Waals surface area contributed by atoms with Crippen molar-refractivity contribution in [1.82, 2.24) is 10.6 Å². The minimum absolute atomic E-state index is 0.124. The summed E-state index contributed by atoms with van der Waals surface area (Å²) in [4.78, 5) is 35.1. The topological polar surface area (TPSA) is 193 Å². The Bertz CT molecular complexity index is 1160. The number of hydrogen-bond acceptors (Lipinski definition) is 10. The first-order chi connectivity index (χ1) is 20.2. The molecule has 0 aliphatic carbocycles.